The summed E-state index contributed by atoms with van der Waals surface area (Å²) in [5.74, 6) is -0.251. The van der Waals surface area contributed by atoms with E-state index in [0.717, 1.165) is 11.1 Å². The molecule has 3 rings (SSSR count). The molecule has 118 valence electrons. The maximum absolute atomic E-state index is 12.9. The van der Waals surface area contributed by atoms with Gasteiger partial charge >= 0.3 is 0 Å². The number of hydrogen-bond acceptors (Lipinski definition) is 4. The van der Waals surface area contributed by atoms with E-state index in [2.05, 4.69) is 5.10 Å². The third-order valence-corrected chi connectivity index (χ3v) is 3.83. The van der Waals surface area contributed by atoms with Crippen LogP contribution in [0.25, 0.3) is 0 Å². The van der Waals surface area contributed by atoms with Gasteiger partial charge in [0.2, 0.25) is 0 Å². The molecule has 1 aromatic carbocycles. The largest absolute Gasteiger partial charge is 0.394 e. The van der Waals surface area contributed by atoms with Crippen molar-refractivity contribution in [3.8, 4) is 0 Å². The molecule has 0 amide bonds. The first kappa shape index (κ1) is 15.1. The monoisotopic (exact) mass is 306 g/mol. The summed E-state index contributed by atoms with van der Waals surface area (Å²) in [5, 5.41) is 23.3. The summed E-state index contributed by atoms with van der Waals surface area (Å²) >= 11 is 0. The summed E-state index contributed by atoms with van der Waals surface area (Å²) < 4.78 is 20.3. The smallest absolute Gasteiger partial charge is 0.153 e. The van der Waals surface area contributed by atoms with Crippen LogP contribution in [0.4, 0.5) is 4.39 Å². The van der Waals surface area contributed by atoms with Gasteiger partial charge < -0.3 is 14.9 Å². The first-order valence-electron chi connectivity index (χ1n) is 7.36. The lowest BCUT2D eigenvalue weighted by Crippen LogP contribution is -2.36. The molecule has 1 saturated heterocycles. The number of halogens is 1. The third kappa shape index (κ3) is 3.52. The number of aromatic nitrogens is 2. The number of aliphatic hydroxyl groups is 2. The quantitative estimate of drug-likeness (QED) is 0.901. The van der Waals surface area contributed by atoms with Crippen LogP contribution in [0.3, 0.4) is 0 Å². The summed E-state index contributed by atoms with van der Waals surface area (Å²) in [5.41, 5.74) is 1.98. The van der Waals surface area contributed by atoms with Crippen LogP contribution >= 0.6 is 0 Å². The molecule has 1 aliphatic rings. The van der Waals surface area contributed by atoms with Crippen molar-refractivity contribution in [1.82, 2.24) is 9.78 Å². The van der Waals surface area contributed by atoms with E-state index in [1.165, 1.54) is 12.1 Å². The topological polar surface area (TPSA) is 67.5 Å². The summed E-state index contributed by atoms with van der Waals surface area (Å²) in [6.45, 7) is -0.114. The minimum atomic E-state index is -0.499. The second kappa shape index (κ2) is 6.56. The molecule has 2 N–H and O–H groups in total. The molecule has 0 saturated carbocycles. The third-order valence-electron chi connectivity index (χ3n) is 3.83. The highest BCUT2D eigenvalue weighted by atomic mass is 19.1. The van der Waals surface area contributed by atoms with E-state index in [-0.39, 0.29) is 24.8 Å². The molecule has 2 aromatic rings. The number of nitrogens with zero attached hydrogens (tertiary/aromatic N) is 2. The molecule has 3 unspecified atom stereocenters. The highest BCUT2D eigenvalue weighted by Crippen LogP contribution is 2.27. The van der Waals surface area contributed by atoms with Gasteiger partial charge in [0.15, 0.2) is 6.23 Å². The Morgan fingerprint density at radius 2 is 2.00 bits per heavy atom. The molecule has 6 heteroatoms. The van der Waals surface area contributed by atoms with Crippen LogP contribution in [-0.2, 0) is 11.2 Å². The fourth-order valence-electron chi connectivity index (χ4n) is 2.72. The van der Waals surface area contributed by atoms with Gasteiger partial charge in [-0.3, -0.25) is 0 Å². The van der Waals surface area contributed by atoms with Crippen LogP contribution < -0.4 is 0 Å². The fourth-order valence-corrected chi connectivity index (χ4v) is 2.72. The molecule has 0 spiro atoms. The van der Waals surface area contributed by atoms with Crippen molar-refractivity contribution in [3.63, 3.8) is 0 Å². The molecule has 1 fully saturated rings. The minimum Gasteiger partial charge on any atom is -0.394 e. The molecule has 22 heavy (non-hydrogen) atoms. The zero-order chi connectivity index (χ0) is 15.5. The molecule has 5 nitrogen and oxygen atoms in total. The molecule has 2 heterocycles. The van der Waals surface area contributed by atoms with Crippen molar-refractivity contribution in [3.05, 3.63) is 53.6 Å². The highest BCUT2D eigenvalue weighted by molar-refractivity contribution is 5.23. The van der Waals surface area contributed by atoms with Crippen LogP contribution in [0.5, 0.6) is 0 Å². The van der Waals surface area contributed by atoms with Gasteiger partial charge in [0, 0.05) is 25.5 Å². The van der Waals surface area contributed by atoms with Gasteiger partial charge in [0.05, 0.1) is 25.0 Å². The van der Waals surface area contributed by atoms with Crippen LogP contribution in [0, 0.1) is 5.82 Å². The number of benzene rings is 1. The Morgan fingerprint density at radius 1 is 1.23 bits per heavy atom. The van der Waals surface area contributed by atoms with E-state index in [9.17, 15) is 14.6 Å². The molecule has 0 aliphatic carbocycles. The summed E-state index contributed by atoms with van der Waals surface area (Å²) in [6, 6.07) is 6.36. The summed E-state index contributed by atoms with van der Waals surface area (Å²) in [6.07, 6.45) is 3.91. The second-order valence-electron chi connectivity index (χ2n) is 5.65. The van der Waals surface area contributed by atoms with E-state index in [1.54, 1.807) is 23.0 Å². The van der Waals surface area contributed by atoms with Crippen molar-refractivity contribution in [1.29, 1.82) is 0 Å². The zero-order valence-electron chi connectivity index (χ0n) is 12.1. The maximum atomic E-state index is 12.9. The predicted molar refractivity (Wildman–Crippen MR) is 77.7 cm³/mol. The average Bonchev–Trinajstić information content (AvgIpc) is 2.97. The van der Waals surface area contributed by atoms with Gasteiger partial charge in [-0.25, -0.2) is 9.07 Å². The fraction of sp³-hybridized carbons (Fsp3) is 0.438. The second-order valence-corrected chi connectivity index (χ2v) is 5.65. The van der Waals surface area contributed by atoms with E-state index >= 15 is 0 Å². The Morgan fingerprint density at radius 3 is 2.73 bits per heavy atom. The predicted octanol–water partition coefficient (Wildman–Crippen LogP) is 1.64. The lowest BCUT2D eigenvalue weighted by molar-refractivity contribution is -0.146. The van der Waals surface area contributed by atoms with Gasteiger partial charge in [-0.2, -0.15) is 5.10 Å². The Hall–Kier alpha value is -1.76. The van der Waals surface area contributed by atoms with Crippen molar-refractivity contribution < 1.29 is 19.3 Å². The van der Waals surface area contributed by atoms with E-state index < -0.39 is 6.10 Å². The Kier molecular flexibility index (Phi) is 4.52. The first-order chi connectivity index (χ1) is 10.6. The van der Waals surface area contributed by atoms with Crippen LogP contribution in [0.15, 0.2) is 36.7 Å². The average molecular weight is 306 g/mol. The number of ether oxygens (including phenoxy) is 1. The molecular weight excluding hydrogens is 287 g/mol. The van der Waals surface area contributed by atoms with Crippen LogP contribution in [0.2, 0.25) is 0 Å². The van der Waals surface area contributed by atoms with Crippen molar-refractivity contribution >= 4 is 0 Å². The standard InChI is InChI=1S/C16H19FN2O3/c17-13-3-1-11(2-4-13)5-12-8-18-19(9-12)16-7-14(21)6-15(10-20)22-16/h1-4,8-9,14-16,20-21H,5-7,10H2. The van der Waals surface area contributed by atoms with Crippen molar-refractivity contribution in [2.75, 3.05) is 6.61 Å². The highest BCUT2D eigenvalue weighted by Gasteiger charge is 2.29. The zero-order valence-corrected chi connectivity index (χ0v) is 12.1. The molecule has 1 aromatic heterocycles. The molecular formula is C16H19FN2O3. The van der Waals surface area contributed by atoms with Gasteiger partial charge in [-0.05, 0) is 23.3 Å². The molecule has 0 radical (unpaired) electrons. The van der Waals surface area contributed by atoms with Crippen LogP contribution in [-0.4, -0.2) is 38.8 Å². The normalized spacial score (nSPS) is 25.3. The SMILES string of the molecule is OCC1CC(O)CC(n2cc(Cc3ccc(F)cc3)cn2)O1. The van der Waals surface area contributed by atoms with Gasteiger partial charge in [-0.15, -0.1) is 0 Å². The Balaban J connectivity index is 1.69. The van der Waals surface area contributed by atoms with Gasteiger partial charge in [0.25, 0.3) is 0 Å². The summed E-state index contributed by atoms with van der Waals surface area (Å²) in [7, 11) is 0. The molecule has 3 atom stereocenters. The van der Waals surface area contributed by atoms with E-state index in [1.807, 2.05) is 6.20 Å². The van der Waals surface area contributed by atoms with E-state index in [4.69, 9.17) is 4.74 Å². The maximum Gasteiger partial charge on any atom is 0.153 e. The number of aliphatic hydroxyl groups excluding tert-OH is 2. The number of hydrogen-bond donors (Lipinski definition) is 2. The molecule has 0 bridgehead atoms. The summed E-state index contributed by atoms with van der Waals surface area (Å²) in [4.78, 5) is 0. The molecule has 1 aliphatic heterocycles. The van der Waals surface area contributed by atoms with Gasteiger partial charge in [-0.1, -0.05) is 12.1 Å². The van der Waals surface area contributed by atoms with E-state index in [0.29, 0.717) is 19.3 Å². The Bertz CT molecular complexity index is 614. The van der Waals surface area contributed by atoms with Gasteiger partial charge in [0.1, 0.15) is 5.82 Å². The lowest BCUT2D eigenvalue weighted by Gasteiger charge is -2.32. The Labute approximate surface area is 128 Å². The van der Waals surface area contributed by atoms with Crippen molar-refractivity contribution in [2.45, 2.75) is 37.7 Å². The minimum absolute atomic E-state index is 0.114. The number of rotatable bonds is 4. The van der Waals surface area contributed by atoms with Crippen LogP contribution in [0.1, 0.15) is 30.2 Å². The lowest BCUT2D eigenvalue weighted by atomic mass is 10.0. The van der Waals surface area contributed by atoms with Crippen molar-refractivity contribution in [2.24, 2.45) is 0 Å². The first-order valence-corrected chi connectivity index (χ1v) is 7.36.